The largest absolute Gasteiger partial charge is 0.493 e. The third-order valence-electron chi connectivity index (χ3n) is 5.14. The van der Waals surface area contributed by atoms with Crippen molar-refractivity contribution in [2.24, 2.45) is 0 Å². The lowest BCUT2D eigenvalue weighted by molar-refractivity contribution is -0.384. The summed E-state index contributed by atoms with van der Waals surface area (Å²) in [5, 5.41) is 10.9. The maximum atomic E-state index is 13.4. The van der Waals surface area contributed by atoms with Crippen LogP contribution in [0.3, 0.4) is 0 Å². The van der Waals surface area contributed by atoms with Crippen molar-refractivity contribution in [3.63, 3.8) is 0 Å². The van der Waals surface area contributed by atoms with Gasteiger partial charge in [-0.3, -0.25) is 19.7 Å². The average molecular weight is 446 g/mol. The topological polar surface area (TPSA) is 124 Å². The molecule has 0 fully saturated rings. The predicted molar refractivity (Wildman–Crippen MR) is 112 cm³/mol. The molecule has 0 unspecified atom stereocenters. The molecule has 0 aromatic heterocycles. The van der Waals surface area contributed by atoms with Crippen LogP contribution in [0.25, 0.3) is 0 Å². The fraction of sp³-hybridized carbons (Fsp3) is 0.333. The summed E-state index contributed by atoms with van der Waals surface area (Å²) in [5.74, 6) is -0.932. The van der Waals surface area contributed by atoms with Crippen molar-refractivity contribution >= 4 is 27.3 Å². The Bertz CT molecular complexity index is 1090. The number of benzene rings is 1. The lowest BCUT2D eigenvalue weighted by Gasteiger charge is -2.31. The van der Waals surface area contributed by atoms with Gasteiger partial charge in [-0.15, -0.1) is 0 Å². The molecule has 31 heavy (non-hydrogen) atoms. The van der Waals surface area contributed by atoms with Crippen molar-refractivity contribution in [3.8, 4) is 0 Å². The lowest BCUT2D eigenvalue weighted by atomic mass is 9.94. The number of nitro benzene ring substituents is 1. The number of carbonyl (C=O) groups excluding carboxylic acids is 2. The van der Waals surface area contributed by atoms with Crippen LogP contribution in [-0.4, -0.2) is 48.9 Å². The number of ketones is 2. The third kappa shape index (κ3) is 4.97. The molecule has 0 N–H and O–H groups in total. The van der Waals surface area contributed by atoms with Crippen LogP contribution in [0, 0.1) is 10.1 Å². The molecule has 164 valence electrons. The van der Waals surface area contributed by atoms with Gasteiger partial charge in [0.25, 0.3) is 5.69 Å². The van der Waals surface area contributed by atoms with E-state index < -0.39 is 32.6 Å². The molecule has 0 amide bonds. The van der Waals surface area contributed by atoms with E-state index in [-0.39, 0.29) is 34.9 Å². The first-order valence-corrected chi connectivity index (χ1v) is 11.2. The van der Waals surface area contributed by atoms with Crippen molar-refractivity contribution < 1.29 is 27.7 Å². The SMILES string of the molecule is COC1=CC(=O)C=C(C[C@@H]2/C=C\CCCCN2S(=O)(=O)c2ccc([N+](=O)[O-])cc2)C1=O. The van der Waals surface area contributed by atoms with Crippen molar-refractivity contribution in [2.75, 3.05) is 13.7 Å². The van der Waals surface area contributed by atoms with Gasteiger partial charge in [0.15, 0.2) is 11.5 Å². The van der Waals surface area contributed by atoms with Gasteiger partial charge < -0.3 is 4.74 Å². The molecule has 0 bridgehead atoms. The number of non-ortho nitro benzene ring substituents is 1. The van der Waals surface area contributed by atoms with Gasteiger partial charge >= 0.3 is 0 Å². The Morgan fingerprint density at radius 3 is 2.52 bits per heavy atom. The highest BCUT2D eigenvalue weighted by Crippen LogP contribution is 2.28. The molecule has 0 radical (unpaired) electrons. The van der Waals surface area contributed by atoms with Gasteiger partial charge in [-0.25, -0.2) is 8.42 Å². The minimum absolute atomic E-state index is 0.00792. The van der Waals surface area contributed by atoms with E-state index in [1.807, 2.05) is 6.08 Å². The zero-order chi connectivity index (χ0) is 22.6. The Kier molecular flexibility index (Phi) is 6.81. The molecule has 1 aliphatic heterocycles. The monoisotopic (exact) mass is 446 g/mol. The van der Waals surface area contributed by atoms with Crippen LogP contribution in [0.4, 0.5) is 5.69 Å². The normalized spacial score (nSPS) is 21.5. The smallest absolute Gasteiger partial charge is 0.269 e. The highest BCUT2D eigenvalue weighted by molar-refractivity contribution is 7.89. The second kappa shape index (κ2) is 9.36. The molecule has 3 rings (SSSR count). The van der Waals surface area contributed by atoms with Crippen molar-refractivity contribution in [3.05, 3.63) is 70.0 Å². The van der Waals surface area contributed by atoms with Crippen LogP contribution in [0.5, 0.6) is 0 Å². The molecular weight excluding hydrogens is 424 g/mol. The number of hydrogen-bond acceptors (Lipinski definition) is 7. The van der Waals surface area contributed by atoms with Gasteiger partial charge in [0.1, 0.15) is 0 Å². The molecule has 1 aliphatic carbocycles. The summed E-state index contributed by atoms with van der Waals surface area (Å²) in [7, 11) is -2.71. The highest BCUT2D eigenvalue weighted by atomic mass is 32.2. The average Bonchev–Trinajstić information content (AvgIpc) is 2.72. The maximum Gasteiger partial charge on any atom is 0.269 e. The van der Waals surface area contributed by atoms with Gasteiger partial charge in [0.05, 0.1) is 16.9 Å². The van der Waals surface area contributed by atoms with E-state index in [4.69, 9.17) is 4.74 Å². The van der Waals surface area contributed by atoms with E-state index in [0.717, 1.165) is 31.1 Å². The molecular formula is C21H22N2O7S. The van der Waals surface area contributed by atoms with E-state index >= 15 is 0 Å². The van der Waals surface area contributed by atoms with Gasteiger partial charge in [-0.1, -0.05) is 12.2 Å². The van der Waals surface area contributed by atoms with Crippen LogP contribution in [0.2, 0.25) is 0 Å². The Morgan fingerprint density at radius 2 is 1.87 bits per heavy atom. The van der Waals surface area contributed by atoms with Crippen LogP contribution in [0.1, 0.15) is 25.7 Å². The number of nitrogens with zero attached hydrogens (tertiary/aromatic N) is 2. The molecule has 1 aromatic carbocycles. The van der Waals surface area contributed by atoms with E-state index in [1.54, 1.807) is 6.08 Å². The summed E-state index contributed by atoms with van der Waals surface area (Å²) >= 11 is 0. The molecule has 0 spiro atoms. The van der Waals surface area contributed by atoms with Crippen LogP contribution < -0.4 is 0 Å². The minimum atomic E-state index is -4.00. The van der Waals surface area contributed by atoms with E-state index in [0.29, 0.717) is 6.42 Å². The maximum absolute atomic E-state index is 13.4. The van der Waals surface area contributed by atoms with Crippen molar-refractivity contribution in [1.29, 1.82) is 0 Å². The molecule has 2 aliphatic rings. The van der Waals surface area contributed by atoms with E-state index in [9.17, 15) is 28.1 Å². The fourth-order valence-electron chi connectivity index (χ4n) is 3.55. The summed E-state index contributed by atoms with van der Waals surface area (Å²) in [6.45, 7) is 0.219. The van der Waals surface area contributed by atoms with Crippen LogP contribution in [-0.2, 0) is 24.3 Å². The molecule has 0 saturated carbocycles. The van der Waals surface area contributed by atoms with Gasteiger partial charge in [-0.05, 0) is 43.9 Å². The number of Topliss-reactive ketones (excluding diaryl/α,β-unsaturated/α-hetero) is 1. The lowest BCUT2D eigenvalue weighted by Crippen LogP contribution is -2.41. The summed E-state index contributed by atoms with van der Waals surface area (Å²) in [6, 6.07) is 3.99. The number of allylic oxidation sites excluding steroid dienone is 4. The number of carbonyl (C=O) groups is 2. The van der Waals surface area contributed by atoms with E-state index in [2.05, 4.69) is 0 Å². The quantitative estimate of drug-likeness (QED) is 0.285. The highest BCUT2D eigenvalue weighted by Gasteiger charge is 2.33. The number of nitro groups is 1. The number of rotatable bonds is 6. The Hall–Kier alpha value is -3.11. The third-order valence-corrected chi connectivity index (χ3v) is 7.07. The zero-order valence-corrected chi connectivity index (χ0v) is 17.7. The first-order valence-electron chi connectivity index (χ1n) is 9.72. The Morgan fingerprint density at radius 1 is 1.16 bits per heavy atom. The zero-order valence-electron chi connectivity index (χ0n) is 16.9. The standard InChI is InChI=1S/C21H22N2O7S/c1-30-20-14-18(24)13-15(21(20)25)12-17-6-4-2-3-5-11-22(17)31(28,29)19-9-7-16(8-10-19)23(26)27/h4,6-10,13-14,17H,2-3,5,11-12H2,1H3/b6-4-/t17-/m0/s1. The van der Waals surface area contributed by atoms with Gasteiger partial charge in [0, 0.05) is 36.4 Å². The fourth-order valence-corrected chi connectivity index (χ4v) is 5.17. The number of ether oxygens (including phenoxy) is 1. The molecule has 1 atom stereocenters. The molecule has 1 aromatic rings. The number of sulfonamides is 1. The first-order chi connectivity index (χ1) is 14.7. The summed E-state index contributed by atoms with van der Waals surface area (Å²) in [4.78, 5) is 34.7. The minimum Gasteiger partial charge on any atom is -0.493 e. The first kappa shape index (κ1) is 22.6. The second-order valence-corrected chi connectivity index (χ2v) is 9.07. The summed E-state index contributed by atoms with van der Waals surface area (Å²) < 4.78 is 33.0. The Balaban J connectivity index is 1.95. The molecule has 9 nitrogen and oxygen atoms in total. The Labute approximate surface area is 179 Å². The summed E-state index contributed by atoms with van der Waals surface area (Å²) in [5.41, 5.74) is -0.0399. The van der Waals surface area contributed by atoms with Gasteiger partial charge in [0.2, 0.25) is 15.8 Å². The predicted octanol–water partition coefficient (Wildman–Crippen LogP) is 2.69. The molecule has 1 heterocycles. The molecule has 0 saturated heterocycles. The van der Waals surface area contributed by atoms with Crippen LogP contribution >= 0.6 is 0 Å². The van der Waals surface area contributed by atoms with Crippen molar-refractivity contribution in [2.45, 2.75) is 36.6 Å². The number of hydrogen-bond donors (Lipinski definition) is 0. The summed E-state index contributed by atoms with van der Waals surface area (Å²) in [6.07, 6.45) is 8.09. The number of methoxy groups -OCH3 is 1. The van der Waals surface area contributed by atoms with Gasteiger partial charge in [-0.2, -0.15) is 4.31 Å². The van der Waals surface area contributed by atoms with E-state index in [1.165, 1.54) is 29.6 Å². The van der Waals surface area contributed by atoms with Crippen molar-refractivity contribution in [1.82, 2.24) is 4.31 Å². The van der Waals surface area contributed by atoms with Crippen LogP contribution in [0.15, 0.2) is 64.8 Å². The second-order valence-electron chi connectivity index (χ2n) is 7.18. The molecule has 10 heteroatoms.